The van der Waals surface area contributed by atoms with Crippen molar-refractivity contribution in [3.63, 3.8) is 0 Å². The van der Waals surface area contributed by atoms with Gasteiger partial charge in [0.05, 0.1) is 16.1 Å². The average molecular weight is 446 g/mol. The number of piperidine rings is 1. The summed E-state index contributed by atoms with van der Waals surface area (Å²) in [5.41, 5.74) is 0.412. The first-order chi connectivity index (χ1) is 14.8. The number of nitrogens with one attached hydrogen (secondary N) is 2. The molecule has 2 aromatic carbocycles. The van der Waals surface area contributed by atoms with Gasteiger partial charge in [-0.15, -0.1) is 0 Å². The van der Waals surface area contributed by atoms with Crippen molar-refractivity contribution in [2.24, 2.45) is 5.92 Å². The third kappa shape index (κ3) is 5.04. The quantitative estimate of drug-likeness (QED) is 0.715. The molecule has 0 aromatic heterocycles. The molecule has 164 valence electrons. The Bertz CT molecular complexity index is 1080. The smallest absolute Gasteiger partial charge is 0.261 e. The minimum Gasteiger partial charge on any atom is -0.353 e. The third-order valence-electron chi connectivity index (χ3n) is 5.60. The lowest BCUT2D eigenvalue weighted by Crippen LogP contribution is -2.47. The molecule has 7 nitrogen and oxygen atoms in total. The summed E-state index contributed by atoms with van der Waals surface area (Å²) < 4.78 is 40.9. The van der Waals surface area contributed by atoms with E-state index in [0.29, 0.717) is 25.9 Å². The van der Waals surface area contributed by atoms with Gasteiger partial charge in [0.2, 0.25) is 5.91 Å². The van der Waals surface area contributed by atoms with E-state index in [1.165, 1.54) is 18.2 Å². The van der Waals surface area contributed by atoms with Crippen molar-refractivity contribution in [1.82, 2.24) is 10.2 Å². The van der Waals surface area contributed by atoms with E-state index >= 15 is 0 Å². The summed E-state index contributed by atoms with van der Waals surface area (Å²) in [6.45, 7) is 0.959. The molecule has 2 aliphatic rings. The van der Waals surface area contributed by atoms with Gasteiger partial charge in [0.1, 0.15) is 5.82 Å². The van der Waals surface area contributed by atoms with Gasteiger partial charge >= 0.3 is 0 Å². The zero-order valence-electron chi connectivity index (χ0n) is 16.9. The predicted molar refractivity (Wildman–Crippen MR) is 113 cm³/mol. The van der Waals surface area contributed by atoms with Gasteiger partial charge in [-0.3, -0.25) is 14.3 Å². The fraction of sp³-hybridized carbons (Fsp3) is 0.364. The highest BCUT2D eigenvalue weighted by atomic mass is 32.2. The van der Waals surface area contributed by atoms with Crippen LogP contribution in [0.4, 0.5) is 10.1 Å². The molecule has 2 fully saturated rings. The molecule has 1 aliphatic heterocycles. The number of anilines is 1. The van der Waals surface area contributed by atoms with Crippen molar-refractivity contribution in [2.75, 3.05) is 17.8 Å². The average Bonchev–Trinajstić information content (AvgIpc) is 3.60. The van der Waals surface area contributed by atoms with Crippen LogP contribution >= 0.6 is 0 Å². The van der Waals surface area contributed by atoms with Crippen molar-refractivity contribution in [3.05, 3.63) is 59.9 Å². The molecule has 31 heavy (non-hydrogen) atoms. The van der Waals surface area contributed by atoms with E-state index in [0.717, 1.165) is 25.0 Å². The van der Waals surface area contributed by atoms with Crippen LogP contribution in [0.2, 0.25) is 0 Å². The number of para-hydroxylation sites is 1. The van der Waals surface area contributed by atoms with E-state index in [2.05, 4.69) is 10.0 Å². The monoisotopic (exact) mass is 445 g/mol. The first-order valence-electron chi connectivity index (χ1n) is 10.3. The molecule has 2 amide bonds. The van der Waals surface area contributed by atoms with Gasteiger partial charge in [0.25, 0.3) is 15.9 Å². The Morgan fingerprint density at radius 3 is 2.23 bits per heavy atom. The topological polar surface area (TPSA) is 95.6 Å². The van der Waals surface area contributed by atoms with Crippen LogP contribution in [0, 0.1) is 11.7 Å². The molecule has 1 aliphatic carbocycles. The van der Waals surface area contributed by atoms with E-state index < -0.39 is 15.8 Å². The van der Waals surface area contributed by atoms with E-state index in [-0.39, 0.29) is 39.9 Å². The van der Waals surface area contributed by atoms with Crippen molar-refractivity contribution in [3.8, 4) is 0 Å². The lowest BCUT2D eigenvalue weighted by molar-refractivity contribution is -0.123. The number of hydrogen-bond acceptors (Lipinski definition) is 4. The molecule has 0 radical (unpaired) electrons. The van der Waals surface area contributed by atoms with Gasteiger partial charge in [0.15, 0.2) is 0 Å². The maximum atomic E-state index is 13.1. The number of sulfonamides is 1. The summed E-state index contributed by atoms with van der Waals surface area (Å²) in [5, 5.41) is 3.05. The maximum absolute atomic E-state index is 13.1. The highest BCUT2D eigenvalue weighted by Gasteiger charge is 2.32. The number of likely N-dealkylation sites (tertiary alicyclic amines) is 1. The second-order valence-electron chi connectivity index (χ2n) is 7.95. The lowest BCUT2D eigenvalue weighted by atomic mass is 10.0. The highest BCUT2D eigenvalue weighted by Crippen LogP contribution is 2.29. The lowest BCUT2D eigenvalue weighted by Gasteiger charge is -2.33. The Morgan fingerprint density at radius 1 is 0.935 bits per heavy atom. The summed E-state index contributed by atoms with van der Waals surface area (Å²) >= 11 is 0. The van der Waals surface area contributed by atoms with E-state index in [4.69, 9.17) is 0 Å². The molecular weight excluding hydrogens is 421 g/mol. The molecule has 1 saturated carbocycles. The molecular formula is C22H24FN3O4S. The van der Waals surface area contributed by atoms with Crippen LogP contribution in [0.3, 0.4) is 0 Å². The number of amides is 2. The second kappa shape index (κ2) is 8.66. The molecule has 9 heteroatoms. The Kier molecular flexibility index (Phi) is 5.95. The number of carbonyl (C=O) groups is 2. The molecule has 1 saturated heterocycles. The van der Waals surface area contributed by atoms with Crippen LogP contribution in [0.25, 0.3) is 0 Å². The first kappa shape index (κ1) is 21.3. The van der Waals surface area contributed by atoms with Crippen LogP contribution in [-0.2, 0) is 14.8 Å². The van der Waals surface area contributed by atoms with Gasteiger partial charge in [0, 0.05) is 25.0 Å². The number of halogens is 1. The Labute approximate surface area is 180 Å². The molecule has 2 N–H and O–H groups in total. The van der Waals surface area contributed by atoms with E-state index in [1.807, 2.05) is 0 Å². The number of benzene rings is 2. The van der Waals surface area contributed by atoms with Gasteiger partial charge in [-0.25, -0.2) is 12.8 Å². The molecule has 0 bridgehead atoms. The largest absolute Gasteiger partial charge is 0.353 e. The molecule has 2 aromatic rings. The summed E-state index contributed by atoms with van der Waals surface area (Å²) in [6, 6.07) is 10.9. The van der Waals surface area contributed by atoms with Crippen LogP contribution < -0.4 is 10.0 Å². The predicted octanol–water partition coefficient (Wildman–Crippen LogP) is 2.76. The zero-order valence-corrected chi connectivity index (χ0v) is 17.7. The molecule has 1 heterocycles. The third-order valence-corrected chi connectivity index (χ3v) is 6.98. The molecule has 4 rings (SSSR count). The highest BCUT2D eigenvalue weighted by molar-refractivity contribution is 7.92. The Morgan fingerprint density at radius 2 is 1.58 bits per heavy atom. The van der Waals surface area contributed by atoms with Crippen LogP contribution in [0.5, 0.6) is 0 Å². The zero-order chi connectivity index (χ0) is 22.0. The minimum atomic E-state index is -3.98. The van der Waals surface area contributed by atoms with Crippen LogP contribution in [-0.4, -0.2) is 44.3 Å². The molecule has 0 atom stereocenters. The summed E-state index contributed by atoms with van der Waals surface area (Å²) in [5.74, 6) is -0.554. The van der Waals surface area contributed by atoms with Crippen molar-refractivity contribution in [2.45, 2.75) is 36.6 Å². The van der Waals surface area contributed by atoms with Crippen molar-refractivity contribution < 1.29 is 22.4 Å². The maximum Gasteiger partial charge on any atom is 0.261 e. The standard InChI is InChI=1S/C22H24FN3O4S/c23-16-7-9-18(10-8-16)31(29,30)25-20-4-2-1-3-19(20)22(28)26-13-11-17(12-14-26)24-21(27)15-5-6-15/h1-4,7-10,15,17,25H,5-6,11-14H2,(H,24,27). The Balaban J connectivity index is 1.44. The summed E-state index contributed by atoms with van der Waals surface area (Å²) in [4.78, 5) is 26.6. The van der Waals surface area contributed by atoms with Crippen LogP contribution in [0.1, 0.15) is 36.0 Å². The minimum absolute atomic E-state index is 0.0596. The summed E-state index contributed by atoms with van der Waals surface area (Å²) in [6.07, 6.45) is 3.23. The second-order valence-corrected chi connectivity index (χ2v) is 9.64. The molecule has 0 spiro atoms. The first-order valence-corrected chi connectivity index (χ1v) is 11.8. The number of carbonyl (C=O) groups excluding carboxylic acids is 2. The Hall–Kier alpha value is -2.94. The van der Waals surface area contributed by atoms with E-state index in [9.17, 15) is 22.4 Å². The fourth-order valence-corrected chi connectivity index (χ4v) is 4.72. The van der Waals surface area contributed by atoms with Crippen LogP contribution in [0.15, 0.2) is 53.4 Å². The van der Waals surface area contributed by atoms with Gasteiger partial charge in [-0.1, -0.05) is 12.1 Å². The molecule has 0 unspecified atom stereocenters. The van der Waals surface area contributed by atoms with Crippen molar-refractivity contribution in [1.29, 1.82) is 0 Å². The SMILES string of the molecule is O=C(NC1CCN(C(=O)c2ccccc2NS(=O)(=O)c2ccc(F)cc2)CC1)C1CC1. The number of hydrogen-bond donors (Lipinski definition) is 2. The van der Waals surface area contributed by atoms with E-state index in [1.54, 1.807) is 23.1 Å². The number of rotatable bonds is 6. The summed E-state index contributed by atoms with van der Waals surface area (Å²) in [7, 11) is -3.98. The van der Waals surface area contributed by atoms with Gasteiger partial charge in [-0.05, 0) is 62.1 Å². The number of nitrogens with zero attached hydrogens (tertiary/aromatic N) is 1. The van der Waals surface area contributed by atoms with Gasteiger partial charge in [-0.2, -0.15) is 0 Å². The fourth-order valence-electron chi connectivity index (χ4n) is 3.64. The van der Waals surface area contributed by atoms with Crippen molar-refractivity contribution >= 4 is 27.5 Å². The normalized spacial score (nSPS) is 17.3. The van der Waals surface area contributed by atoms with Gasteiger partial charge < -0.3 is 10.2 Å².